The number of aromatic nitrogens is 1. The Kier molecular flexibility index (Phi) is 8.09. The molecular weight excluding hydrogens is 556 g/mol. The van der Waals surface area contributed by atoms with E-state index in [-0.39, 0.29) is 22.8 Å². The number of amides is 1. The Labute approximate surface area is 247 Å². The average Bonchev–Trinajstić information content (AvgIpc) is 3.34. The summed E-state index contributed by atoms with van der Waals surface area (Å²) in [6.07, 6.45) is 1.56. The fourth-order valence-corrected chi connectivity index (χ4v) is 5.02. The Balaban J connectivity index is 1.44. The van der Waals surface area contributed by atoms with Crippen LogP contribution in [0.25, 0.3) is 21.9 Å². The van der Waals surface area contributed by atoms with Gasteiger partial charge in [0.05, 0.1) is 5.02 Å². The van der Waals surface area contributed by atoms with Crippen molar-refractivity contribution in [3.63, 3.8) is 0 Å². The molecule has 1 atom stereocenters. The van der Waals surface area contributed by atoms with Gasteiger partial charge in [0, 0.05) is 47.0 Å². The Bertz CT molecular complexity index is 1840. The molecule has 0 saturated carbocycles. The number of aromatic amines is 1. The molecule has 5 rings (SSSR count). The van der Waals surface area contributed by atoms with Crippen LogP contribution < -0.4 is 15.7 Å². The van der Waals surface area contributed by atoms with E-state index in [4.69, 9.17) is 25.5 Å². The number of H-pyrrole nitrogens is 1. The van der Waals surface area contributed by atoms with Crippen molar-refractivity contribution in [2.24, 2.45) is 0 Å². The first-order chi connectivity index (χ1) is 20.0. The summed E-state index contributed by atoms with van der Waals surface area (Å²) in [5.41, 5.74) is 2.91. The van der Waals surface area contributed by atoms with Crippen LogP contribution in [0, 0.1) is 6.92 Å². The topological polar surface area (TPSA) is 111 Å². The molecule has 0 bridgehead atoms. The molecule has 2 N–H and O–H groups in total. The molecule has 9 heteroatoms. The number of aryl methyl sites for hydroxylation is 1. The zero-order valence-corrected chi connectivity index (χ0v) is 24.5. The second kappa shape index (κ2) is 11.7. The van der Waals surface area contributed by atoms with Crippen LogP contribution in [0.3, 0.4) is 0 Å². The second-order valence-corrected chi connectivity index (χ2v) is 11.5. The first kappa shape index (κ1) is 29.0. The van der Waals surface area contributed by atoms with Gasteiger partial charge in [-0.1, -0.05) is 60.1 Å². The number of hydrogen-bond donors (Lipinski definition) is 2. The van der Waals surface area contributed by atoms with Gasteiger partial charge < -0.3 is 24.2 Å². The molecule has 0 aliphatic rings. The van der Waals surface area contributed by atoms with E-state index in [1.165, 1.54) is 6.07 Å². The minimum absolute atomic E-state index is 0.00226. The number of carbonyl (C=O) groups excluding carboxylic acids is 2. The van der Waals surface area contributed by atoms with Crippen molar-refractivity contribution in [2.45, 2.75) is 52.2 Å². The maximum atomic E-state index is 13.5. The SMILES string of the molecule is Cc1c(Cc2ccccc2)c(=O)oc2cc(OC(=O)[C@H](Cc3c[nH]c4ccccc34)NC(=O)OC(C)(C)C)c(Cl)cc12. The van der Waals surface area contributed by atoms with Crippen LogP contribution in [0.5, 0.6) is 5.75 Å². The summed E-state index contributed by atoms with van der Waals surface area (Å²) >= 11 is 6.58. The third kappa shape index (κ3) is 6.50. The summed E-state index contributed by atoms with van der Waals surface area (Å²) in [6, 6.07) is 19.2. The number of carbonyl (C=O) groups is 2. The monoisotopic (exact) mass is 586 g/mol. The summed E-state index contributed by atoms with van der Waals surface area (Å²) in [5, 5.41) is 4.33. The molecule has 0 unspecified atom stereocenters. The number of fused-ring (bicyclic) bond motifs is 2. The third-order valence-corrected chi connectivity index (χ3v) is 7.14. The molecule has 0 saturated heterocycles. The number of esters is 1. The van der Waals surface area contributed by atoms with Crippen molar-refractivity contribution >= 4 is 45.5 Å². The maximum absolute atomic E-state index is 13.5. The molecule has 3 aromatic carbocycles. The molecule has 0 aliphatic heterocycles. The molecule has 2 aromatic heterocycles. The highest BCUT2D eigenvalue weighted by Crippen LogP contribution is 2.33. The minimum Gasteiger partial charge on any atom is -0.444 e. The van der Waals surface area contributed by atoms with Crippen molar-refractivity contribution in [1.29, 1.82) is 0 Å². The summed E-state index contributed by atoms with van der Waals surface area (Å²) in [4.78, 5) is 42.3. The van der Waals surface area contributed by atoms with Crippen molar-refractivity contribution < 1.29 is 23.5 Å². The Morgan fingerprint density at radius 3 is 2.48 bits per heavy atom. The van der Waals surface area contributed by atoms with Gasteiger partial charge in [0.1, 0.15) is 17.2 Å². The van der Waals surface area contributed by atoms with E-state index in [0.29, 0.717) is 17.4 Å². The van der Waals surface area contributed by atoms with Gasteiger partial charge in [-0.3, -0.25) is 0 Å². The summed E-state index contributed by atoms with van der Waals surface area (Å²) in [5.74, 6) is -0.755. The molecule has 8 nitrogen and oxygen atoms in total. The molecule has 2 heterocycles. The molecule has 0 spiro atoms. The predicted molar refractivity (Wildman–Crippen MR) is 162 cm³/mol. The first-order valence-corrected chi connectivity index (χ1v) is 13.9. The number of rotatable bonds is 7. The highest BCUT2D eigenvalue weighted by molar-refractivity contribution is 6.33. The molecule has 0 aliphatic carbocycles. The Morgan fingerprint density at radius 1 is 1.02 bits per heavy atom. The van der Waals surface area contributed by atoms with Crippen molar-refractivity contribution in [1.82, 2.24) is 10.3 Å². The lowest BCUT2D eigenvalue weighted by Gasteiger charge is -2.23. The lowest BCUT2D eigenvalue weighted by Crippen LogP contribution is -2.46. The van der Waals surface area contributed by atoms with Crippen molar-refractivity contribution in [2.75, 3.05) is 0 Å². The van der Waals surface area contributed by atoms with Gasteiger partial charge in [-0.25, -0.2) is 14.4 Å². The average molecular weight is 587 g/mol. The zero-order chi connectivity index (χ0) is 30.0. The third-order valence-electron chi connectivity index (χ3n) is 6.85. The molecule has 0 radical (unpaired) electrons. The molecule has 5 aromatic rings. The van der Waals surface area contributed by atoms with Gasteiger partial charge in [-0.15, -0.1) is 0 Å². The van der Waals surface area contributed by atoms with Gasteiger partial charge >= 0.3 is 17.7 Å². The van der Waals surface area contributed by atoms with E-state index in [1.807, 2.05) is 61.5 Å². The summed E-state index contributed by atoms with van der Waals surface area (Å²) < 4.78 is 16.7. The van der Waals surface area contributed by atoms with Crippen LogP contribution >= 0.6 is 11.6 Å². The van der Waals surface area contributed by atoms with Gasteiger partial charge in [0.2, 0.25) is 0 Å². The minimum atomic E-state index is -1.10. The van der Waals surface area contributed by atoms with Crippen LogP contribution in [0.2, 0.25) is 5.02 Å². The van der Waals surface area contributed by atoms with Crippen LogP contribution in [-0.2, 0) is 22.4 Å². The fraction of sp³-hybridized carbons (Fsp3) is 0.242. The van der Waals surface area contributed by atoms with Crippen molar-refractivity contribution in [3.05, 3.63) is 111 Å². The van der Waals surface area contributed by atoms with Crippen molar-refractivity contribution in [3.8, 4) is 5.75 Å². The molecule has 0 fully saturated rings. The first-order valence-electron chi connectivity index (χ1n) is 13.5. The number of nitrogens with one attached hydrogen (secondary N) is 2. The summed E-state index contributed by atoms with van der Waals surface area (Å²) in [7, 11) is 0. The number of para-hydroxylation sites is 1. The fourth-order valence-electron chi connectivity index (χ4n) is 4.82. The molecule has 216 valence electrons. The standard InChI is InChI=1S/C33H31ClN2O6/c1-19-23-16-25(34)29(17-28(23)40-30(37)24(19)14-20-10-6-5-7-11-20)41-31(38)27(36-32(39)42-33(2,3)4)15-21-18-35-26-13-9-8-12-22(21)26/h5-13,16-18,27,35H,14-15H2,1-4H3,(H,36,39)/t27-/m0/s1. The smallest absolute Gasteiger partial charge is 0.408 e. The highest BCUT2D eigenvalue weighted by atomic mass is 35.5. The number of ether oxygens (including phenoxy) is 2. The normalized spacial score (nSPS) is 12.3. The molecular formula is C33H31ClN2O6. The van der Waals surface area contributed by atoms with E-state index >= 15 is 0 Å². The number of alkyl carbamates (subject to hydrolysis) is 1. The van der Waals surface area contributed by atoms with Gasteiger partial charge in [-0.2, -0.15) is 0 Å². The van der Waals surface area contributed by atoms with Gasteiger partial charge in [0.25, 0.3) is 0 Å². The van der Waals surface area contributed by atoms with Crippen LogP contribution in [0.4, 0.5) is 4.79 Å². The highest BCUT2D eigenvalue weighted by Gasteiger charge is 2.28. The van der Waals surface area contributed by atoms with Crippen LogP contribution in [-0.4, -0.2) is 28.7 Å². The van der Waals surface area contributed by atoms with Gasteiger partial charge in [-0.05, 0) is 56.5 Å². The second-order valence-electron chi connectivity index (χ2n) is 11.1. The van der Waals surface area contributed by atoms with Crippen LogP contribution in [0.1, 0.15) is 43.0 Å². The quantitative estimate of drug-likeness (QED) is 0.122. The van der Waals surface area contributed by atoms with E-state index in [9.17, 15) is 14.4 Å². The lowest BCUT2D eigenvalue weighted by molar-refractivity contribution is -0.136. The lowest BCUT2D eigenvalue weighted by atomic mass is 9.99. The van der Waals surface area contributed by atoms with E-state index in [2.05, 4.69) is 10.3 Å². The van der Waals surface area contributed by atoms with E-state index in [0.717, 1.165) is 27.6 Å². The molecule has 42 heavy (non-hydrogen) atoms. The number of halogens is 1. The zero-order valence-electron chi connectivity index (χ0n) is 23.7. The van der Waals surface area contributed by atoms with E-state index < -0.39 is 29.3 Å². The van der Waals surface area contributed by atoms with Gasteiger partial charge in [0.15, 0.2) is 5.75 Å². The Hall–Kier alpha value is -4.56. The number of benzene rings is 3. The van der Waals surface area contributed by atoms with E-state index in [1.54, 1.807) is 33.0 Å². The summed E-state index contributed by atoms with van der Waals surface area (Å²) in [6.45, 7) is 7.03. The number of hydrogen-bond acceptors (Lipinski definition) is 6. The van der Waals surface area contributed by atoms with Crippen LogP contribution in [0.15, 0.2) is 82.1 Å². The Morgan fingerprint density at radius 2 is 1.74 bits per heavy atom. The predicted octanol–water partition coefficient (Wildman–Crippen LogP) is 6.87. The largest absolute Gasteiger partial charge is 0.444 e. The maximum Gasteiger partial charge on any atom is 0.408 e. The molecule has 1 amide bonds.